The van der Waals surface area contributed by atoms with Crippen molar-refractivity contribution in [3.8, 4) is 0 Å². The summed E-state index contributed by atoms with van der Waals surface area (Å²) in [5.74, 6) is -0.00536. The smallest absolute Gasteiger partial charge is 0.239 e. The lowest BCUT2D eigenvalue weighted by Crippen LogP contribution is -2.05. The van der Waals surface area contributed by atoms with Crippen molar-refractivity contribution in [3.63, 3.8) is 0 Å². The second-order valence-electron chi connectivity index (χ2n) is 2.92. The number of hydrogen-bond acceptors (Lipinski definition) is 5. The molecule has 8 nitrogen and oxygen atoms in total. The minimum Gasteiger partial charge on any atom is -0.388 e. The molecule has 1 heterocycles. The lowest BCUT2D eigenvalue weighted by atomic mass is 10.2. The predicted octanol–water partition coefficient (Wildman–Crippen LogP) is -0.248. The fraction of sp³-hybridized carbons (Fsp3) is 0. The van der Waals surface area contributed by atoms with Crippen LogP contribution >= 0.6 is 0 Å². The molecule has 0 atom stereocenters. The third kappa shape index (κ3) is 4.75. The first kappa shape index (κ1) is 13.2. The van der Waals surface area contributed by atoms with Crippen LogP contribution in [0.1, 0.15) is 11.1 Å². The van der Waals surface area contributed by atoms with E-state index in [0.717, 1.165) is 17.5 Å². The van der Waals surface area contributed by atoms with Gasteiger partial charge in [0.25, 0.3) is 0 Å². The average Bonchev–Trinajstić information content (AvgIpc) is 2.39. The predicted molar refractivity (Wildman–Crippen MR) is 73.3 cm³/mol. The van der Waals surface area contributed by atoms with Crippen molar-refractivity contribution >= 4 is 31.4 Å². The number of rotatable bonds is 4. The summed E-state index contributed by atoms with van der Waals surface area (Å²) in [5.41, 5.74) is 11.8. The molecule has 0 aliphatic heterocycles. The van der Waals surface area contributed by atoms with E-state index in [-0.39, 0.29) is 5.96 Å². The van der Waals surface area contributed by atoms with E-state index in [1.54, 1.807) is 18.5 Å². The zero-order valence-electron chi connectivity index (χ0n) is 9.51. The third-order valence-corrected chi connectivity index (χ3v) is 1.65. The van der Waals surface area contributed by atoms with Crippen molar-refractivity contribution in [2.75, 3.05) is 0 Å². The Balaban J connectivity index is 2.79. The molecule has 4 N–H and O–H groups in total. The maximum Gasteiger partial charge on any atom is 0.239 e. The Bertz CT molecular complexity index is 514. The van der Waals surface area contributed by atoms with Gasteiger partial charge < -0.3 is 11.5 Å². The number of nitrogens with two attached hydrogens (primary N) is 2. The summed E-state index contributed by atoms with van der Waals surface area (Å²) in [5, 5.41) is 14.5. The molecule has 0 radical (unpaired) electrons. The van der Waals surface area contributed by atoms with Crippen LogP contribution in [0.2, 0.25) is 0 Å². The van der Waals surface area contributed by atoms with Crippen molar-refractivity contribution in [2.24, 2.45) is 36.9 Å². The normalized spacial score (nSPS) is 12.8. The Kier molecular flexibility index (Phi) is 5.40. The average molecular weight is 244 g/mol. The van der Waals surface area contributed by atoms with Gasteiger partial charge in [-0.15, -0.1) is 10.2 Å². The van der Waals surface area contributed by atoms with Gasteiger partial charge in [0.15, 0.2) is 0 Å². The van der Waals surface area contributed by atoms with Gasteiger partial charge in [0.2, 0.25) is 5.96 Å². The van der Waals surface area contributed by atoms with Gasteiger partial charge in [-0.25, -0.2) is 4.99 Å². The highest BCUT2D eigenvalue weighted by Gasteiger charge is 1.91. The van der Waals surface area contributed by atoms with Gasteiger partial charge >= 0.3 is 0 Å². The van der Waals surface area contributed by atoms with Gasteiger partial charge in [-0.3, -0.25) is 4.98 Å². The van der Waals surface area contributed by atoms with Crippen LogP contribution in [0, 0.1) is 0 Å². The van der Waals surface area contributed by atoms with E-state index < -0.39 is 0 Å². The van der Waals surface area contributed by atoms with Crippen LogP contribution in [0.4, 0.5) is 0 Å². The molecule has 18 heavy (non-hydrogen) atoms. The van der Waals surface area contributed by atoms with Crippen LogP contribution in [0.15, 0.2) is 43.9 Å². The molecule has 0 spiro atoms. The summed E-state index contributed by atoms with van der Waals surface area (Å²) in [6.45, 7) is 3.21. The van der Waals surface area contributed by atoms with E-state index in [2.05, 4.69) is 37.1 Å². The van der Waals surface area contributed by atoms with Gasteiger partial charge in [0, 0.05) is 23.5 Å². The molecule has 0 aromatic carbocycles. The van der Waals surface area contributed by atoms with Gasteiger partial charge in [0.05, 0.1) is 12.4 Å². The Labute approximate surface area is 104 Å². The zero-order chi connectivity index (χ0) is 13.2. The van der Waals surface area contributed by atoms with Gasteiger partial charge in [-0.05, 0) is 12.8 Å². The molecule has 1 rings (SSSR count). The number of hydrogen-bond donors (Lipinski definition) is 2. The summed E-state index contributed by atoms with van der Waals surface area (Å²) in [6, 6.07) is 1.79. The molecule has 0 saturated heterocycles. The maximum atomic E-state index is 5.29. The minimum absolute atomic E-state index is 0.00536. The van der Waals surface area contributed by atoms with E-state index in [4.69, 9.17) is 11.5 Å². The first-order chi connectivity index (χ1) is 8.76. The van der Waals surface area contributed by atoms with Crippen LogP contribution < -0.4 is 11.5 Å². The number of pyridine rings is 1. The van der Waals surface area contributed by atoms with Gasteiger partial charge in [-0.1, -0.05) is 0 Å². The minimum atomic E-state index is -0.00536. The Hall–Kier alpha value is -2.90. The number of aliphatic imine (C=N–C) groups is 1. The molecule has 0 aliphatic rings. The van der Waals surface area contributed by atoms with Crippen molar-refractivity contribution in [1.29, 1.82) is 0 Å². The molecule has 0 saturated carbocycles. The quantitative estimate of drug-likeness (QED) is 0.430. The number of aromatic nitrogens is 1. The molecule has 92 valence electrons. The lowest BCUT2D eigenvalue weighted by Gasteiger charge is -1.93. The van der Waals surface area contributed by atoms with E-state index in [1.165, 1.54) is 12.4 Å². The van der Waals surface area contributed by atoms with Crippen molar-refractivity contribution in [3.05, 3.63) is 29.6 Å². The summed E-state index contributed by atoms with van der Waals surface area (Å²) in [6.07, 6.45) is 7.32. The second kappa shape index (κ2) is 7.39. The fourth-order valence-corrected chi connectivity index (χ4v) is 0.942. The van der Waals surface area contributed by atoms with Gasteiger partial charge in [-0.2, -0.15) is 10.2 Å². The van der Waals surface area contributed by atoms with E-state index >= 15 is 0 Å². The monoisotopic (exact) mass is 244 g/mol. The SMILES string of the molecule is C=N/C(N)=N/N=C/c1cncc(/C=N/N=C\N)c1. The molecule has 1 aromatic heterocycles. The molecule has 8 heteroatoms. The Morgan fingerprint density at radius 1 is 1.17 bits per heavy atom. The topological polar surface area (TPSA) is 127 Å². The van der Waals surface area contributed by atoms with Crippen LogP contribution in [-0.2, 0) is 0 Å². The van der Waals surface area contributed by atoms with Crippen LogP contribution in [-0.4, -0.2) is 36.4 Å². The van der Waals surface area contributed by atoms with E-state index in [9.17, 15) is 0 Å². The Morgan fingerprint density at radius 3 is 2.44 bits per heavy atom. The van der Waals surface area contributed by atoms with Crippen molar-refractivity contribution < 1.29 is 0 Å². The highest BCUT2D eigenvalue weighted by Crippen LogP contribution is 1.98. The number of guanidine groups is 1. The van der Waals surface area contributed by atoms with Crippen LogP contribution in [0.25, 0.3) is 0 Å². The van der Waals surface area contributed by atoms with E-state index in [0.29, 0.717) is 0 Å². The summed E-state index contributed by atoms with van der Waals surface area (Å²) < 4.78 is 0. The molecule has 0 bridgehead atoms. The van der Waals surface area contributed by atoms with Crippen molar-refractivity contribution in [2.45, 2.75) is 0 Å². The first-order valence-electron chi connectivity index (χ1n) is 4.81. The zero-order valence-corrected chi connectivity index (χ0v) is 9.51. The molecular weight excluding hydrogens is 232 g/mol. The van der Waals surface area contributed by atoms with Gasteiger partial charge in [0.1, 0.15) is 6.34 Å². The first-order valence-corrected chi connectivity index (χ1v) is 4.81. The van der Waals surface area contributed by atoms with E-state index in [1.807, 2.05) is 0 Å². The molecule has 1 aromatic rings. The number of nitrogens with zero attached hydrogens (tertiary/aromatic N) is 6. The highest BCUT2D eigenvalue weighted by molar-refractivity contribution is 5.86. The third-order valence-electron chi connectivity index (χ3n) is 1.65. The largest absolute Gasteiger partial charge is 0.388 e. The molecular formula is C10H12N8. The van der Waals surface area contributed by atoms with Crippen LogP contribution in [0.5, 0.6) is 0 Å². The molecule has 0 unspecified atom stereocenters. The maximum absolute atomic E-state index is 5.29. The summed E-state index contributed by atoms with van der Waals surface area (Å²) >= 11 is 0. The standard InChI is InChI=1S/C10H12N8/c1-13-10(12)18-16-6-9-2-8(3-14-4-9)5-15-17-7-11/h2-7H,1H2,(H2,11,17)(H2,12,18)/b15-5+,16-6+. The lowest BCUT2D eigenvalue weighted by molar-refractivity contribution is 1.21. The molecule has 0 fully saturated rings. The Morgan fingerprint density at radius 2 is 1.83 bits per heavy atom. The summed E-state index contributed by atoms with van der Waals surface area (Å²) in [4.78, 5) is 7.39. The van der Waals surface area contributed by atoms with Crippen molar-refractivity contribution in [1.82, 2.24) is 4.98 Å². The molecule has 0 aliphatic carbocycles. The second-order valence-corrected chi connectivity index (χ2v) is 2.92. The van der Waals surface area contributed by atoms with Crippen LogP contribution in [0.3, 0.4) is 0 Å². The highest BCUT2D eigenvalue weighted by atomic mass is 15.3. The summed E-state index contributed by atoms with van der Waals surface area (Å²) in [7, 11) is 0. The molecule has 0 amide bonds. The fourth-order valence-electron chi connectivity index (χ4n) is 0.942.